The van der Waals surface area contributed by atoms with E-state index in [-0.39, 0.29) is 50.9 Å². The number of alkyl carbamates (subject to hydrolysis) is 1. The lowest BCUT2D eigenvalue weighted by Gasteiger charge is -2.25. The molecular formula is C43H47N3O8. The summed E-state index contributed by atoms with van der Waals surface area (Å²) >= 11 is 0. The first-order chi connectivity index (χ1) is 26.3. The van der Waals surface area contributed by atoms with Crippen LogP contribution in [0.5, 0.6) is 5.75 Å². The third-order valence-electron chi connectivity index (χ3n) is 8.89. The van der Waals surface area contributed by atoms with Crippen LogP contribution in [0.3, 0.4) is 0 Å². The van der Waals surface area contributed by atoms with Crippen molar-refractivity contribution in [1.82, 2.24) is 16.0 Å². The first-order valence-corrected chi connectivity index (χ1v) is 18.1. The first-order valence-electron chi connectivity index (χ1n) is 18.1. The monoisotopic (exact) mass is 733 g/mol. The van der Waals surface area contributed by atoms with E-state index in [9.17, 15) is 24.3 Å². The molecule has 0 aliphatic carbocycles. The van der Waals surface area contributed by atoms with E-state index in [1.165, 1.54) is 0 Å². The van der Waals surface area contributed by atoms with Gasteiger partial charge in [-0.05, 0) is 60.1 Å². The average molecular weight is 734 g/mol. The molecule has 11 heteroatoms. The molecule has 4 atom stereocenters. The van der Waals surface area contributed by atoms with E-state index in [1.54, 1.807) is 12.2 Å². The number of aliphatic hydroxyl groups excluding tert-OH is 1. The molecule has 0 fully saturated rings. The van der Waals surface area contributed by atoms with Gasteiger partial charge in [-0.25, -0.2) is 9.59 Å². The molecule has 4 aromatic carbocycles. The number of carbonyl (C=O) groups is 4. The molecule has 4 N–H and O–H groups in total. The van der Waals surface area contributed by atoms with Gasteiger partial charge in [0, 0.05) is 6.42 Å². The highest BCUT2D eigenvalue weighted by Gasteiger charge is 2.28. The average Bonchev–Trinajstić information content (AvgIpc) is 3.19. The van der Waals surface area contributed by atoms with Crippen LogP contribution in [0.1, 0.15) is 41.5 Å². The van der Waals surface area contributed by atoms with Crippen LogP contribution in [0.25, 0.3) is 0 Å². The van der Waals surface area contributed by atoms with Gasteiger partial charge in [-0.2, -0.15) is 0 Å². The molecule has 0 spiro atoms. The van der Waals surface area contributed by atoms with Crippen molar-refractivity contribution in [2.45, 2.75) is 63.4 Å². The topological polar surface area (TPSA) is 152 Å². The van der Waals surface area contributed by atoms with E-state index in [2.05, 4.69) is 16.0 Å². The summed E-state index contributed by atoms with van der Waals surface area (Å²) in [7, 11) is 0. The molecule has 0 bridgehead atoms. The zero-order chi connectivity index (χ0) is 38.0. The highest BCUT2D eigenvalue weighted by molar-refractivity contribution is 5.86. The third kappa shape index (κ3) is 13.2. The SMILES string of the molecule is O=C(CC1CC=CCC(NC(=O)OCc2ccccc2)C(=O)OCC(Cc2ccccc2)NC1=O)NC(CO)Cc1ccc(OCc2ccccc2)cc1. The van der Waals surface area contributed by atoms with Gasteiger partial charge in [-0.15, -0.1) is 0 Å². The van der Waals surface area contributed by atoms with Crippen molar-refractivity contribution in [1.29, 1.82) is 0 Å². The van der Waals surface area contributed by atoms with Gasteiger partial charge < -0.3 is 35.3 Å². The molecule has 0 saturated carbocycles. The second-order valence-electron chi connectivity index (χ2n) is 13.2. The van der Waals surface area contributed by atoms with E-state index in [0.29, 0.717) is 25.2 Å². The molecule has 54 heavy (non-hydrogen) atoms. The predicted molar refractivity (Wildman–Crippen MR) is 203 cm³/mol. The minimum atomic E-state index is -1.03. The van der Waals surface area contributed by atoms with Crippen molar-refractivity contribution < 1.29 is 38.5 Å². The van der Waals surface area contributed by atoms with Crippen LogP contribution in [0.15, 0.2) is 127 Å². The van der Waals surface area contributed by atoms with Gasteiger partial charge in [0.25, 0.3) is 0 Å². The smallest absolute Gasteiger partial charge is 0.408 e. The number of ether oxygens (including phenoxy) is 3. The molecule has 11 nitrogen and oxygen atoms in total. The lowest BCUT2D eigenvalue weighted by atomic mass is 9.97. The first kappa shape index (κ1) is 39.3. The molecule has 4 unspecified atom stereocenters. The standard InChI is InChI=1S/C43H47N3O8/c47-27-36(24-32-20-22-38(23-21-32)52-28-33-14-6-2-7-15-33)44-40(48)26-35-18-10-11-19-39(46-43(51)54-29-34-16-8-3-9-17-34)42(50)53-30-37(45-41(35)49)25-31-12-4-1-5-13-31/h1-17,20-23,35-37,39,47H,18-19,24-30H2,(H,44,48)(H,45,49)(H,46,51). The van der Waals surface area contributed by atoms with Gasteiger partial charge in [0.15, 0.2) is 0 Å². The number of carbonyl (C=O) groups excluding carboxylic acids is 4. The molecule has 1 heterocycles. The molecule has 3 amide bonds. The number of amides is 3. The van der Waals surface area contributed by atoms with Crippen molar-refractivity contribution in [3.63, 3.8) is 0 Å². The van der Waals surface area contributed by atoms with Gasteiger partial charge in [-0.1, -0.05) is 115 Å². The summed E-state index contributed by atoms with van der Waals surface area (Å²) in [4.78, 5) is 52.8. The summed E-state index contributed by atoms with van der Waals surface area (Å²) in [6.07, 6.45) is 3.53. The fraction of sp³-hybridized carbons (Fsp3) is 0.302. The van der Waals surface area contributed by atoms with E-state index >= 15 is 0 Å². The Balaban J connectivity index is 1.20. The minimum absolute atomic E-state index is 0.0345. The number of rotatable bonds is 14. The van der Waals surface area contributed by atoms with Crippen LogP contribution in [0.2, 0.25) is 0 Å². The highest BCUT2D eigenvalue weighted by Crippen LogP contribution is 2.17. The fourth-order valence-electron chi connectivity index (χ4n) is 5.97. The van der Waals surface area contributed by atoms with Gasteiger partial charge in [-0.3, -0.25) is 9.59 Å². The second kappa shape index (κ2) is 20.9. The van der Waals surface area contributed by atoms with Crippen LogP contribution in [-0.4, -0.2) is 60.3 Å². The summed E-state index contributed by atoms with van der Waals surface area (Å²) in [5.41, 5.74) is 3.68. The highest BCUT2D eigenvalue weighted by atomic mass is 16.6. The third-order valence-corrected chi connectivity index (χ3v) is 8.89. The van der Waals surface area contributed by atoms with Gasteiger partial charge in [0.1, 0.15) is 31.6 Å². The van der Waals surface area contributed by atoms with Crippen LogP contribution >= 0.6 is 0 Å². The molecular weight excluding hydrogens is 686 g/mol. The van der Waals surface area contributed by atoms with Crippen molar-refractivity contribution in [3.05, 3.63) is 150 Å². The molecule has 282 valence electrons. The Hall–Kier alpha value is -5.94. The largest absolute Gasteiger partial charge is 0.489 e. The fourth-order valence-corrected chi connectivity index (χ4v) is 5.97. The van der Waals surface area contributed by atoms with Crippen LogP contribution < -0.4 is 20.7 Å². The van der Waals surface area contributed by atoms with E-state index in [0.717, 1.165) is 22.3 Å². The quantitative estimate of drug-likeness (QED) is 0.102. The van der Waals surface area contributed by atoms with Gasteiger partial charge in [0.05, 0.1) is 24.6 Å². The molecule has 0 aromatic heterocycles. The molecule has 1 aliphatic rings. The Morgan fingerprint density at radius 3 is 2.04 bits per heavy atom. The predicted octanol–water partition coefficient (Wildman–Crippen LogP) is 5.21. The Morgan fingerprint density at radius 2 is 1.39 bits per heavy atom. The molecule has 0 radical (unpaired) electrons. The normalized spacial score (nSPS) is 18.1. The Bertz CT molecular complexity index is 1800. The lowest BCUT2D eigenvalue weighted by Crippen LogP contribution is -2.47. The number of hydrogen-bond donors (Lipinski definition) is 4. The molecule has 4 aromatic rings. The number of esters is 1. The lowest BCUT2D eigenvalue weighted by molar-refractivity contribution is -0.147. The second-order valence-corrected chi connectivity index (χ2v) is 13.2. The number of nitrogens with one attached hydrogen (secondary N) is 3. The van der Waals surface area contributed by atoms with Gasteiger partial charge in [0.2, 0.25) is 11.8 Å². The minimum Gasteiger partial charge on any atom is -0.489 e. The number of benzene rings is 4. The zero-order valence-electron chi connectivity index (χ0n) is 30.1. The summed E-state index contributed by atoms with van der Waals surface area (Å²) < 4.78 is 16.8. The van der Waals surface area contributed by atoms with Crippen molar-refractivity contribution in [2.24, 2.45) is 5.92 Å². The number of allylic oxidation sites excluding steroid dienone is 1. The zero-order valence-corrected chi connectivity index (χ0v) is 30.1. The van der Waals surface area contributed by atoms with E-state index in [1.807, 2.05) is 115 Å². The van der Waals surface area contributed by atoms with Crippen LogP contribution in [0.4, 0.5) is 4.79 Å². The molecule has 5 rings (SSSR count). The van der Waals surface area contributed by atoms with E-state index in [4.69, 9.17) is 14.2 Å². The summed E-state index contributed by atoms with van der Waals surface area (Å²) in [5.74, 6) is -1.46. The maximum absolute atomic E-state index is 13.7. The van der Waals surface area contributed by atoms with Crippen molar-refractivity contribution >= 4 is 23.9 Å². The molecule has 1 aliphatic heterocycles. The van der Waals surface area contributed by atoms with Crippen LogP contribution in [-0.2, 0) is 49.9 Å². The van der Waals surface area contributed by atoms with Crippen molar-refractivity contribution in [2.75, 3.05) is 13.2 Å². The number of aliphatic hydroxyl groups is 1. The molecule has 0 saturated heterocycles. The van der Waals surface area contributed by atoms with E-state index < -0.39 is 36.1 Å². The maximum Gasteiger partial charge on any atom is 0.408 e. The Morgan fingerprint density at radius 1 is 0.778 bits per heavy atom. The number of cyclic esters (lactones) is 1. The van der Waals surface area contributed by atoms with Gasteiger partial charge >= 0.3 is 12.1 Å². The summed E-state index contributed by atoms with van der Waals surface area (Å²) in [5, 5.41) is 18.6. The Labute approximate surface area is 315 Å². The summed E-state index contributed by atoms with van der Waals surface area (Å²) in [6, 6.07) is 33.8. The number of hydrogen-bond acceptors (Lipinski definition) is 8. The Kier molecular flexibility index (Phi) is 15.2. The maximum atomic E-state index is 13.7. The summed E-state index contributed by atoms with van der Waals surface area (Å²) in [6.45, 7) is 0.0368. The van der Waals surface area contributed by atoms with Crippen LogP contribution in [0, 0.1) is 5.92 Å². The van der Waals surface area contributed by atoms with Crippen molar-refractivity contribution in [3.8, 4) is 5.75 Å².